The zero-order chi connectivity index (χ0) is 14.8. The molecule has 0 atom stereocenters. The minimum absolute atomic E-state index is 0.130. The molecule has 1 aromatic carbocycles. The fraction of sp³-hybridized carbons (Fsp3) is 0.417. The second kappa shape index (κ2) is 5.60. The molecule has 0 aliphatic heterocycles. The van der Waals surface area contributed by atoms with Crippen molar-refractivity contribution in [2.24, 2.45) is 0 Å². The molecule has 0 aromatic heterocycles. The highest BCUT2D eigenvalue weighted by Gasteiger charge is 2.21. The molecule has 0 aliphatic rings. The van der Waals surface area contributed by atoms with Gasteiger partial charge in [0.05, 0.1) is 17.0 Å². The molecule has 0 saturated heterocycles. The molecule has 0 fully saturated rings. The van der Waals surface area contributed by atoms with Crippen molar-refractivity contribution in [1.29, 1.82) is 0 Å². The van der Waals surface area contributed by atoms with Gasteiger partial charge < -0.3 is 10.4 Å². The molecule has 1 aromatic rings. The van der Waals surface area contributed by atoms with E-state index in [0.29, 0.717) is 10.0 Å². The van der Waals surface area contributed by atoms with Crippen molar-refractivity contribution in [2.45, 2.75) is 24.3 Å². The van der Waals surface area contributed by atoms with Gasteiger partial charge in [0.1, 0.15) is 0 Å². The number of nitrogens with one attached hydrogen (secondary N) is 1. The van der Waals surface area contributed by atoms with Gasteiger partial charge in [-0.3, -0.25) is 4.79 Å². The molecular weight excluding hydrogens is 334 g/mol. The molecule has 0 spiro atoms. The molecule has 0 unspecified atom stereocenters. The van der Waals surface area contributed by atoms with Crippen LogP contribution >= 0.6 is 15.9 Å². The second-order valence-corrected chi connectivity index (χ2v) is 7.75. The summed E-state index contributed by atoms with van der Waals surface area (Å²) in [5.41, 5.74) is -0.417. The highest BCUT2D eigenvalue weighted by molar-refractivity contribution is 9.10. The first kappa shape index (κ1) is 16.1. The highest BCUT2D eigenvalue weighted by Crippen LogP contribution is 2.23. The molecular formula is C12H16BrNO4S. The monoisotopic (exact) mass is 349 g/mol. The van der Waals surface area contributed by atoms with Crippen LogP contribution in [0.1, 0.15) is 24.2 Å². The number of benzene rings is 1. The average Bonchev–Trinajstić information content (AvgIpc) is 2.26. The topological polar surface area (TPSA) is 83.5 Å². The van der Waals surface area contributed by atoms with Crippen molar-refractivity contribution < 1.29 is 18.3 Å². The van der Waals surface area contributed by atoms with E-state index < -0.39 is 15.4 Å². The molecule has 1 amide bonds. The van der Waals surface area contributed by atoms with Crippen LogP contribution in [0.25, 0.3) is 0 Å². The van der Waals surface area contributed by atoms with Crippen LogP contribution in [0.5, 0.6) is 0 Å². The minimum atomic E-state index is -3.33. The molecule has 7 heteroatoms. The fourth-order valence-electron chi connectivity index (χ4n) is 1.36. The van der Waals surface area contributed by atoms with E-state index in [1.807, 2.05) is 0 Å². The van der Waals surface area contributed by atoms with Crippen molar-refractivity contribution >= 4 is 31.7 Å². The normalized spacial score (nSPS) is 12.3. The summed E-state index contributed by atoms with van der Waals surface area (Å²) in [6.07, 6.45) is 1.10. The lowest BCUT2D eigenvalue weighted by atomic mass is 10.1. The molecule has 1 rings (SSSR count). The number of amides is 1. The second-order valence-electron chi connectivity index (χ2n) is 4.91. The van der Waals surface area contributed by atoms with E-state index in [9.17, 15) is 13.2 Å². The fourth-order valence-corrected chi connectivity index (χ4v) is 3.35. The number of halogens is 1. The zero-order valence-electron chi connectivity index (χ0n) is 10.9. The SMILES string of the molecule is CC(C)(CO)NC(=O)c1ccc(S(C)(=O)=O)c(Br)c1. The van der Waals surface area contributed by atoms with E-state index in [1.165, 1.54) is 18.2 Å². The van der Waals surface area contributed by atoms with Crippen molar-refractivity contribution in [1.82, 2.24) is 5.32 Å². The summed E-state index contributed by atoms with van der Waals surface area (Å²) in [6.45, 7) is 3.18. The molecule has 0 bridgehead atoms. The van der Waals surface area contributed by atoms with Gasteiger partial charge in [-0.25, -0.2) is 8.42 Å². The third kappa shape index (κ3) is 4.29. The number of carbonyl (C=O) groups excluding carboxylic acids is 1. The maximum Gasteiger partial charge on any atom is 0.251 e. The zero-order valence-corrected chi connectivity index (χ0v) is 13.3. The standard InChI is InChI=1S/C12H16BrNO4S/c1-12(2,7-15)14-11(16)8-4-5-10(9(13)6-8)19(3,17)18/h4-6,15H,7H2,1-3H3,(H,14,16). The van der Waals surface area contributed by atoms with E-state index in [1.54, 1.807) is 13.8 Å². The van der Waals surface area contributed by atoms with Gasteiger partial charge in [-0.2, -0.15) is 0 Å². The Hall–Kier alpha value is -0.920. The number of hydrogen-bond acceptors (Lipinski definition) is 4. The Bertz CT molecular complexity index is 596. The van der Waals surface area contributed by atoms with Crippen LogP contribution in [0.4, 0.5) is 0 Å². The average molecular weight is 350 g/mol. The summed E-state index contributed by atoms with van der Waals surface area (Å²) >= 11 is 3.14. The van der Waals surface area contributed by atoms with Crippen molar-refractivity contribution in [3.8, 4) is 0 Å². The number of rotatable bonds is 4. The van der Waals surface area contributed by atoms with Gasteiger partial charge in [-0.05, 0) is 48.0 Å². The number of carbonyl (C=O) groups is 1. The van der Waals surface area contributed by atoms with E-state index in [4.69, 9.17) is 5.11 Å². The Morgan fingerprint density at radius 2 is 2.00 bits per heavy atom. The molecule has 19 heavy (non-hydrogen) atoms. The molecule has 2 N–H and O–H groups in total. The first-order valence-corrected chi connectivity index (χ1v) is 8.18. The number of aliphatic hydroxyl groups is 1. The highest BCUT2D eigenvalue weighted by atomic mass is 79.9. The predicted molar refractivity (Wildman–Crippen MR) is 75.9 cm³/mol. The Morgan fingerprint density at radius 1 is 1.42 bits per heavy atom. The Balaban J connectivity index is 3.06. The summed E-state index contributed by atoms with van der Waals surface area (Å²) in [7, 11) is -3.33. The minimum Gasteiger partial charge on any atom is -0.394 e. The molecule has 0 heterocycles. The van der Waals surface area contributed by atoms with Gasteiger partial charge in [-0.15, -0.1) is 0 Å². The predicted octanol–water partition coefficient (Wildman–Crippen LogP) is 1.35. The quantitative estimate of drug-likeness (QED) is 0.859. The summed E-state index contributed by atoms with van der Waals surface area (Å²) in [5.74, 6) is -0.375. The molecule has 0 saturated carbocycles. The summed E-state index contributed by atoms with van der Waals surface area (Å²) < 4.78 is 23.2. The van der Waals surface area contributed by atoms with Crippen LogP contribution in [-0.2, 0) is 9.84 Å². The van der Waals surface area contributed by atoms with Crippen molar-refractivity contribution in [3.63, 3.8) is 0 Å². The molecule has 5 nitrogen and oxygen atoms in total. The van der Waals surface area contributed by atoms with Crippen LogP contribution in [0.2, 0.25) is 0 Å². The van der Waals surface area contributed by atoms with E-state index in [-0.39, 0.29) is 17.4 Å². The third-order valence-corrected chi connectivity index (χ3v) is 4.51. The maximum absolute atomic E-state index is 11.9. The van der Waals surface area contributed by atoms with Crippen LogP contribution in [0, 0.1) is 0 Å². The Morgan fingerprint density at radius 3 is 2.42 bits per heavy atom. The van der Waals surface area contributed by atoms with E-state index in [0.717, 1.165) is 6.26 Å². The van der Waals surface area contributed by atoms with Gasteiger partial charge in [0.25, 0.3) is 5.91 Å². The van der Waals surface area contributed by atoms with Crippen LogP contribution in [0.15, 0.2) is 27.6 Å². The number of aliphatic hydroxyl groups excluding tert-OH is 1. The van der Waals surface area contributed by atoms with E-state index in [2.05, 4.69) is 21.2 Å². The molecule has 0 radical (unpaired) electrons. The molecule has 106 valence electrons. The number of hydrogen-bond donors (Lipinski definition) is 2. The smallest absolute Gasteiger partial charge is 0.251 e. The summed E-state index contributed by atoms with van der Waals surface area (Å²) in [5, 5.41) is 11.7. The van der Waals surface area contributed by atoms with E-state index >= 15 is 0 Å². The lowest BCUT2D eigenvalue weighted by Crippen LogP contribution is -2.46. The Labute approximate surface area is 121 Å². The van der Waals surface area contributed by atoms with Gasteiger partial charge in [0.2, 0.25) is 0 Å². The lowest BCUT2D eigenvalue weighted by Gasteiger charge is -2.23. The van der Waals surface area contributed by atoms with Crippen LogP contribution in [0.3, 0.4) is 0 Å². The first-order chi connectivity index (χ1) is 8.57. The van der Waals surface area contributed by atoms with Crippen LogP contribution < -0.4 is 5.32 Å². The number of sulfone groups is 1. The van der Waals surface area contributed by atoms with Crippen molar-refractivity contribution in [3.05, 3.63) is 28.2 Å². The maximum atomic E-state index is 11.9. The summed E-state index contributed by atoms with van der Waals surface area (Å²) in [4.78, 5) is 12.1. The first-order valence-electron chi connectivity index (χ1n) is 5.50. The largest absolute Gasteiger partial charge is 0.394 e. The van der Waals surface area contributed by atoms with Gasteiger partial charge >= 0.3 is 0 Å². The van der Waals surface area contributed by atoms with Gasteiger partial charge in [0, 0.05) is 16.3 Å². The molecule has 0 aliphatic carbocycles. The lowest BCUT2D eigenvalue weighted by molar-refractivity contribution is 0.0869. The Kier molecular flexibility index (Phi) is 4.76. The van der Waals surface area contributed by atoms with Crippen molar-refractivity contribution in [2.75, 3.05) is 12.9 Å². The van der Waals surface area contributed by atoms with Crippen LogP contribution in [-0.4, -0.2) is 37.8 Å². The third-order valence-electron chi connectivity index (χ3n) is 2.44. The van der Waals surface area contributed by atoms with Gasteiger partial charge in [-0.1, -0.05) is 0 Å². The summed E-state index contributed by atoms with van der Waals surface area (Å²) in [6, 6.07) is 4.25. The van der Waals surface area contributed by atoms with Gasteiger partial charge in [0.15, 0.2) is 9.84 Å².